The molecule has 0 aliphatic heterocycles. The Bertz CT molecular complexity index is 790. The lowest BCUT2D eigenvalue weighted by atomic mass is 10.1. The topological polar surface area (TPSA) is 66.0 Å². The first-order valence-electron chi connectivity index (χ1n) is 9.52. The van der Waals surface area contributed by atoms with E-state index in [0.717, 1.165) is 24.2 Å². The van der Waals surface area contributed by atoms with Crippen LogP contribution in [0.15, 0.2) is 42.5 Å². The largest absolute Gasteiger partial charge is 0.494 e. The van der Waals surface area contributed by atoms with Gasteiger partial charge in [0.25, 0.3) is 0 Å². The zero-order valence-electron chi connectivity index (χ0n) is 17.5. The zero-order valence-corrected chi connectivity index (χ0v) is 17.5. The van der Waals surface area contributed by atoms with Crippen molar-refractivity contribution < 1.29 is 23.7 Å². The molecule has 2 aromatic rings. The van der Waals surface area contributed by atoms with Crippen LogP contribution in [0.5, 0.6) is 23.0 Å². The second-order valence-corrected chi connectivity index (χ2v) is 6.45. The Labute approximate surface area is 172 Å². The average molecular weight is 399 g/mol. The Morgan fingerprint density at radius 1 is 0.966 bits per heavy atom. The van der Waals surface area contributed by atoms with Crippen LogP contribution in [0, 0.1) is 6.92 Å². The Morgan fingerprint density at radius 2 is 1.62 bits per heavy atom. The van der Waals surface area contributed by atoms with Crippen molar-refractivity contribution >= 4 is 12.0 Å². The number of methoxy groups -OCH3 is 3. The predicted octanol–water partition coefficient (Wildman–Crippen LogP) is 4.01. The van der Waals surface area contributed by atoms with Crippen LogP contribution in [0.25, 0.3) is 6.08 Å². The molecule has 0 saturated carbocycles. The number of unbranched alkanes of at least 4 members (excludes halogenated alkanes) is 1. The minimum atomic E-state index is -0.154. The number of hydrogen-bond acceptors (Lipinski definition) is 5. The highest BCUT2D eigenvalue weighted by Gasteiger charge is 2.12. The molecule has 0 aliphatic rings. The molecule has 0 heterocycles. The molecule has 29 heavy (non-hydrogen) atoms. The van der Waals surface area contributed by atoms with Gasteiger partial charge >= 0.3 is 0 Å². The SMILES string of the molecule is COc1cc(C=CC(=O)NCCCCOc2ccc(C)cc2)cc(OC)c1OC. The summed E-state index contributed by atoms with van der Waals surface area (Å²) in [5, 5.41) is 2.87. The van der Waals surface area contributed by atoms with Crippen molar-refractivity contribution in [2.45, 2.75) is 19.8 Å². The highest BCUT2D eigenvalue weighted by atomic mass is 16.5. The van der Waals surface area contributed by atoms with E-state index in [1.165, 1.54) is 11.6 Å². The third-order valence-electron chi connectivity index (χ3n) is 4.27. The van der Waals surface area contributed by atoms with E-state index in [1.54, 1.807) is 39.5 Å². The lowest BCUT2D eigenvalue weighted by Crippen LogP contribution is -2.22. The van der Waals surface area contributed by atoms with Crippen LogP contribution in [-0.4, -0.2) is 40.4 Å². The maximum atomic E-state index is 12.0. The first-order chi connectivity index (χ1) is 14.1. The van der Waals surface area contributed by atoms with Gasteiger partial charge in [-0.1, -0.05) is 17.7 Å². The first-order valence-corrected chi connectivity index (χ1v) is 9.52. The molecule has 6 heteroatoms. The van der Waals surface area contributed by atoms with Crippen LogP contribution in [0.3, 0.4) is 0 Å². The normalized spacial score (nSPS) is 10.6. The quantitative estimate of drug-likeness (QED) is 0.457. The summed E-state index contributed by atoms with van der Waals surface area (Å²) in [5.74, 6) is 2.32. The Hall–Kier alpha value is -3.15. The monoisotopic (exact) mass is 399 g/mol. The van der Waals surface area contributed by atoms with Crippen LogP contribution in [0.1, 0.15) is 24.0 Å². The molecular formula is C23H29NO5. The van der Waals surface area contributed by atoms with Crippen LogP contribution in [0.2, 0.25) is 0 Å². The molecule has 2 rings (SSSR count). The van der Waals surface area contributed by atoms with Gasteiger partial charge in [-0.15, -0.1) is 0 Å². The highest BCUT2D eigenvalue weighted by molar-refractivity contribution is 5.91. The van der Waals surface area contributed by atoms with E-state index >= 15 is 0 Å². The summed E-state index contributed by atoms with van der Waals surface area (Å²) >= 11 is 0. The predicted molar refractivity (Wildman–Crippen MR) is 114 cm³/mol. The number of carbonyl (C=O) groups excluding carboxylic acids is 1. The fourth-order valence-electron chi connectivity index (χ4n) is 2.69. The Morgan fingerprint density at radius 3 is 2.21 bits per heavy atom. The number of rotatable bonds is 11. The summed E-state index contributed by atoms with van der Waals surface area (Å²) in [7, 11) is 4.66. The third kappa shape index (κ3) is 7.07. The number of benzene rings is 2. The lowest BCUT2D eigenvalue weighted by molar-refractivity contribution is -0.116. The van der Waals surface area contributed by atoms with E-state index in [9.17, 15) is 4.79 Å². The molecule has 0 aromatic heterocycles. The standard InChI is InChI=1S/C23H29NO5/c1-17-7-10-19(11-8-17)29-14-6-5-13-24-22(25)12-9-18-15-20(26-2)23(28-4)21(16-18)27-3/h7-12,15-16H,5-6,13-14H2,1-4H3,(H,24,25). The minimum Gasteiger partial charge on any atom is -0.494 e. The molecule has 6 nitrogen and oxygen atoms in total. The van der Waals surface area contributed by atoms with Crippen LogP contribution < -0.4 is 24.3 Å². The van der Waals surface area contributed by atoms with Crippen LogP contribution >= 0.6 is 0 Å². The van der Waals surface area contributed by atoms with Crippen molar-refractivity contribution in [3.8, 4) is 23.0 Å². The first kappa shape index (κ1) is 22.1. The molecule has 0 aliphatic carbocycles. The molecule has 0 radical (unpaired) electrons. The molecule has 1 amide bonds. The smallest absolute Gasteiger partial charge is 0.243 e. The second kappa shape index (κ2) is 11.6. The molecular weight excluding hydrogens is 370 g/mol. The van der Waals surface area contributed by atoms with E-state index in [-0.39, 0.29) is 5.91 Å². The van der Waals surface area contributed by atoms with Gasteiger partial charge in [-0.2, -0.15) is 0 Å². The van der Waals surface area contributed by atoms with Gasteiger partial charge in [0.2, 0.25) is 11.7 Å². The number of aryl methyl sites for hydroxylation is 1. The molecule has 1 N–H and O–H groups in total. The number of hydrogen-bond donors (Lipinski definition) is 1. The van der Waals surface area contributed by atoms with Crippen molar-refractivity contribution in [3.63, 3.8) is 0 Å². The van der Waals surface area contributed by atoms with Crippen molar-refractivity contribution in [2.75, 3.05) is 34.5 Å². The third-order valence-corrected chi connectivity index (χ3v) is 4.27. The molecule has 0 spiro atoms. The number of carbonyl (C=O) groups is 1. The van der Waals surface area contributed by atoms with Crippen LogP contribution in [0.4, 0.5) is 0 Å². The van der Waals surface area contributed by atoms with Crippen molar-refractivity contribution in [3.05, 3.63) is 53.6 Å². The molecule has 0 bridgehead atoms. The van der Waals surface area contributed by atoms with Gasteiger partial charge in [0.05, 0.1) is 27.9 Å². The van der Waals surface area contributed by atoms with Gasteiger partial charge in [0.15, 0.2) is 11.5 Å². The lowest BCUT2D eigenvalue weighted by Gasteiger charge is -2.12. The Balaban J connectivity index is 1.74. The minimum absolute atomic E-state index is 0.154. The number of ether oxygens (including phenoxy) is 4. The van der Waals surface area contributed by atoms with Crippen LogP contribution in [-0.2, 0) is 4.79 Å². The summed E-state index contributed by atoms with van der Waals surface area (Å²) in [6.07, 6.45) is 4.91. The number of nitrogens with one attached hydrogen (secondary N) is 1. The Kier molecular flexibility index (Phi) is 8.89. The van der Waals surface area contributed by atoms with Crippen molar-refractivity contribution in [1.29, 1.82) is 0 Å². The van der Waals surface area contributed by atoms with Crippen molar-refractivity contribution in [1.82, 2.24) is 5.32 Å². The summed E-state index contributed by atoms with van der Waals surface area (Å²) in [6, 6.07) is 11.5. The maximum Gasteiger partial charge on any atom is 0.243 e. The molecule has 0 unspecified atom stereocenters. The summed E-state index contributed by atoms with van der Waals surface area (Å²) in [6.45, 7) is 3.26. The molecule has 2 aromatic carbocycles. The highest BCUT2D eigenvalue weighted by Crippen LogP contribution is 2.38. The van der Waals surface area contributed by atoms with Gasteiger partial charge in [0, 0.05) is 12.6 Å². The summed E-state index contributed by atoms with van der Waals surface area (Å²) in [5.41, 5.74) is 1.99. The van der Waals surface area contributed by atoms with Gasteiger partial charge in [-0.25, -0.2) is 0 Å². The molecule has 0 atom stereocenters. The summed E-state index contributed by atoms with van der Waals surface area (Å²) in [4.78, 5) is 12.0. The maximum absolute atomic E-state index is 12.0. The summed E-state index contributed by atoms with van der Waals surface area (Å²) < 4.78 is 21.6. The van der Waals surface area contributed by atoms with Gasteiger partial charge in [-0.3, -0.25) is 4.79 Å². The van der Waals surface area contributed by atoms with E-state index in [1.807, 2.05) is 31.2 Å². The molecule has 156 valence electrons. The molecule has 0 saturated heterocycles. The van der Waals surface area contributed by atoms with E-state index < -0.39 is 0 Å². The zero-order chi connectivity index (χ0) is 21.1. The van der Waals surface area contributed by atoms with E-state index in [0.29, 0.717) is 30.4 Å². The van der Waals surface area contributed by atoms with E-state index in [2.05, 4.69) is 5.32 Å². The van der Waals surface area contributed by atoms with E-state index in [4.69, 9.17) is 18.9 Å². The van der Waals surface area contributed by atoms with Crippen molar-refractivity contribution in [2.24, 2.45) is 0 Å². The fraction of sp³-hybridized carbons (Fsp3) is 0.348. The average Bonchev–Trinajstić information content (AvgIpc) is 2.74. The van der Waals surface area contributed by atoms with Gasteiger partial charge in [-0.05, 0) is 55.7 Å². The van der Waals surface area contributed by atoms with Gasteiger partial charge < -0.3 is 24.3 Å². The second-order valence-electron chi connectivity index (χ2n) is 6.45. The fourth-order valence-corrected chi connectivity index (χ4v) is 2.69. The van der Waals surface area contributed by atoms with Gasteiger partial charge in [0.1, 0.15) is 5.75 Å². The number of amides is 1. The molecule has 0 fully saturated rings.